The van der Waals surface area contributed by atoms with Gasteiger partial charge in [0.25, 0.3) is 5.56 Å². The van der Waals surface area contributed by atoms with Crippen molar-refractivity contribution in [1.82, 2.24) is 19.6 Å². The number of nitrogens with one attached hydrogen (secondary N) is 1. The fraction of sp³-hybridized carbons (Fsp3) is 0.375. The normalized spacial score (nSPS) is 9.46. The number of rotatable bonds is 0. The number of aromatic nitrogens is 4. The van der Waals surface area contributed by atoms with Gasteiger partial charge in [-0.2, -0.15) is 0 Å². The Labute approximate surface area is 75.4 Å². The molecule has 1 N–H and O–H groups in total. The largest absolute Gasteiger partial charge is 0.322 e. The van der Waals surface area contributed by atoms with Crippen molar-refractivity contribution >= 4 is 5.65 Å². The Balaban J connectivity index is 0.000000396. The molecule has 2 heterocycles. The Morgan fingerprint density at radius 2 is 2.15 bits per heavy atom. The number of aryl methyl sites for hydroxylation is 1. The predicted octanol–water partition coefficient (Wildman–Crippen LogP) is 0.752. The Kier molecular flexibility index (Phi) is 2.79. The molecular weight excluding hydrogens is 168 g/mol. The van der Waals surface area contributed by atoms with E-state index < -0.39 is 0 Å². The fourth-order valence-corrected chi connectivity index (χ4v) is 0.975. The molecule has 70 valence electrons. The first-order valence-electron chi connectivity index (χ1n) is 4.16. The lowest BCUT2D eigenvalue weighted by molar-refractivity contribution is 1.04. The van der Waals surface area contributed by atoms with Gasteiger partial charge in [-0.1, -0.05) is 13.8 Å². The van der Waals surface area contributed by atoms with Crippen molar-refractivity contribution in [1.29, 1.82) is 0 Å². The van der Waals surface area contributed by atoms with Crippen LogP contribution in [0, 0.1) is 6.92 Å². The molecular formula is C8H12N4O. The Hall–Kier alpha value is -1.65. The molecule has 5 nitrogen and oxygen atoms in total. The Morgan fingerprint density at radius 3 is 2.85 bits per heavy atom. The Bertz CT molecular complexity index is 443. The highest BCUT2D eigenvalue weighted by molar-refractivity contribution is 5.32. The molecule has 0 unspecified atom stereocenters. The standard InChI is InChI=1S/C6H6N4O.C2H6/c1-4-2-10-3-7-9-5(10)6(11)8-4;1-2/h2-3H,1H3,(H,8,11);1-2H3. The molecule has 0 saturated heterocycles. The van der Waals surface area contributed by atoms with Crippen LogP contribution in [0.3, 0.4) is 0 Å². The molecule has 0 radical (unpaired) electrons. The topological polar surface area (TPSA) is 63.1 Å². The monoisotopic (exact) mass is 180 g/mol. The fourth-order valence-electron chi connectivity index (χ4n) is 0.975. The maximum absolute atomic E-state index is 11.1. The summed E-state index contributed by atoms with van der Waals surface area (Å²) < 4.78 is 1.59. The molecule has 0 aliphatic rings. The summed E-state index contributed by atoms with van der Waals surface area (Å²) in [6.07, 6.45) is 3.26. The van der Waals surface area contributed by atoms with Crippen LogP contribution >= 0.6 is 0 Å². The number of hydrogen-bond acceptors (Lipinski definition) is 3. The molecule has 0 fully saturated rings. The highest BCUT2D eigenvalue weighted by atomic mass is 16.1. The van der Waals surface area contributed by atoms with Crippen LogP contribution in [0.5, 0.6) is 0 Å². The maximum atomic E-state index is 11.1. The molecule has 13 heavy (non-hydrogen) atoms. The summed E-state index contributed by atoms with van der Waals surface area (Å²) in [5.74, 6) is 0. The second kappa shape index (κ2) is 3.84. The summed E-state index contributed by atoms with van der Waals surface area (Å²) in [7, 11) is 0. The second-order valence-corrected chi connectivity index (χ2v) is 2.33. The van der Waals surface area contributed by atoms with Crippen molar-refractivity contribution in [3.63, 3.8) is 0 Å². The lowest BCUT2D eigenvalue weighted by Gasteiger charge is -1.92. The highest BCUT2D eigenvalue weighted by Gasteiger charge is 1.99. The smallest absolute Gasteiger partial charge is 0.293 e. The van der Waals surface area contributed by atoms with Crippen molar-refractivity contribution in [2.24, 2.45) is 0 Å². The zero-order valence-corrected chi connectivity index (χ0v) is 7.90. The number of H-pyrrole nitrogens is 1. The zero-order valence-electron chi connectivity index (χ0n) is 7.90. The third-order valence-corrected chi connectivity index (χ3v) is 1.42. The van der Waals surface area contributed by atoms with Crippen molar-refractivity contribution in [2.45, 2.75) is 20.8 Å². The quantitative estimate of drug-likeness (QED) is 0.650. The maximum Gasteiger partial charge on any atom is 0.293 e. The van der Waals surface area contributed by atoms with Crippen molar-refractivity contribution in [2.75, 3.05) is 0 Å². The van der Waals surface area contributed by atoms with Gasteiger partial charge in [-0.05, 0) is 6.92 Å². The minimum Gasteiger partial charge on any atom is -0.322 e. The average Bonchev–Trinajstić information content (AvgIpc) is 2.55. The van der Waals surface area contributed by atoms with Gasteiger partial charge in [0.15, 0.2) is 0 Å². The van der Waals surface area contributed by atoms with Crippen LogP contribution in [-0.2, 0) is 0 Å². The van der Waals surface area contributed by atoms with Crippen molar-refractivity contribution in [3.8, 4) is 0 Å². The first kappa shape index (κ1) is 9.44. The molecule has 2 aromatic heterocycles. The van der Waals surface area contributed by atoms with Crippen molar-refractivity contribution < 1.29 is 0 Å². The molecule has 0 saturated carbocycles. The van der Waals surface area contributed by atoms with Gasteiger partial charge in [0, 0.05) is 11.9 Å². The van der Waals surface area contributed by atoms with Gasteiger partial charge in [-0.25, -0.2) is 0 Å². The van der Waals surface area contributed by atoms with E-state index in [1.165, 1.54) is 6.33 Å². The van der Waals surface area contributed by atoms with Crippen LogP contribution in [-0.4, -0.2) is 19.6 Å². The van der Waals surface area contributed by atoms with Crippen LogP contribution in [0.1, 0.15) is 19.5 Å². The van der Waals surface area contributed by atoms with E-state index in [9.17, 15) is 4.79 Å². The van der Waals surface area contributed by atoms with Crippen LogP contribution < -0.4 is 5.56 Å². The lowest BCUT2D eigenvalue weighted by Crippen LogP contribution is -2.10. The van der Waals surface area contributed by atoms with Gasteiger partial charge in [0.1, 0.15) is 6.33 Å². The van der Waals surface area contributed by atoms with E-state index in [2.05, 4.69) is 15.2 Å². The third kappa shape index (κ3) is 1.74. The minimum absolute atomic E-state index is 0.206. The highest BCUT2D eigenvalue weighted by Crippen LogP contribution is 1.91. The van der Waals surface area contributed by atoms with Gasteiger partial charge >= 0.3 is 0 Å². The van der Waals surface area contributed by atoms with Crippen LogP contribution in [0.25, 0.3) is 5.65 Å². The van der Waals surface area contributed by atoms with Crippen LogP contribution in [0.4, 0.5) is 0 Å². The second-order valence-electron chi connectivity index (χ2n) is 2.33. The molecule has 0 aliphatic carbocycles. The molecule has 0 aliphatic heterocycles. The number of hydrogen-bond donors (Lipinski definition) is 1. The van der Waals surface area contributed by atoms with E-state index in [1.54, 1.807) is 17.5 Å². The number of fused-ring (bicyclic) bond motifs is 1. The van der Waals surface area contributed by atoms with Gasteiger partial charge in [0.05, 0.1) is 0 Å². The molecule has 5 heteroatoms. The van der Waals surface area contributed by atoms with Crippen molar-refractivity contribution in [3.05, 3.63) is 28.6 Å². The van der Waals surface area contributed by atoms with E-state index in [1.807, 2.05) is 13.8 Å². The molecule has 0 atom stereocenters. The van der Waals surface area contributed by atoms with E-state index in [0.29, 0.717) is 5.65 Å². The molecule has 2 rings (SSSR count). The molecule has 0 bridgehead atoms. The SMILES string of the molecule is CC.Cc1cn2cnnc2c(=O)[nH]1. The van der Waals surface area contributed by atoms with Gasteiger partial charge < -0.3 is 4.98 Å². The van der Waals surface area contributed by atoms with E-state index in [0.717, 1.165) is 5.69 Å². The van der Waals surface area contributed by atoms with Gasteiger partial charge in [0.2, 0.25) is 5.65 Å². The molecule has 0 amide bonds. The number of aromatic amines is 1. The van der Waals surface area contributed by atoms with E-state index >= 15 is 0 Å². The van der Waals surface area contributed by atoms with Crippen LogP contribution in [0.15, 0.2) is 17.3 Å². The third-order valence-electron chi connectivity index (χ3n) is 1.42. The lowest BCUT2D eigenvalue weighted by atomic mass is 10.5. The first-order chi connectivity index (χ1) is 6.27. The zero-order chi connectivity index (χ0) is 9.84. The average molecular weight is 180 g/mol. The number of nitrogens with zero attached hydrogens (tertiary/aromatic N) is 3. The molecule has 0 spiro atoms. The predicted molar refractivity (Wildman–Crippen MR) is 49.7 cm³/mol. The van der Waals surface area contributed by atoms with Gasteiger partial charge in [-0.3, -0.25) is 9.20 Å². The minimum atomic E-state index is -0.206. The summed E-state index contributed by atoms with van der Waals surface area (Å²) in [6.45, 7) is 5.81. The Morgan fingerprint density at radius 1 is 1.46 bits per heavy atom. The van der Waals surface area contributed by atoms with Gasteiger partial charge in [-0.15, -0.1) is 10.2 Å². The summed E-state index contributed by atoms with van der Waals surface area (Å²) in [6, 6.07) is 0. The van der Waals surface area contributed by atoms with E-state index in [4.69, 9.17) is 0 Å². The first-order valence-corrected chi connectivity index (χ1v) is 4.16. The van der Waals surface area contributed by atoms with E-state index in [-0.39, 0.29) is 5.56 Å². The van der Waals surface area contributed by atoms with Crippen LogP contribution in [0.2, 0.25) is 0 Å². The summed E-state index contributed by atoms with van der Waals surface area (Å²) in [5.41, 5.74) is 0.917. The summed E-state index contributed by atoms with van der Waals surface area (Å²) in [4.78, 5) is 13.7. The summed E-state index contributed by atoms with van der Waals surface area (Å²) >= 11 is 0. The molecule has 2 aromatic rings. The molecule has 0 aromatic carbocycles. The summed E-state index contributed by atoms with van der Waals surface area (Å²) in [5, 5.41) is 7.22.